The fourth-order valence-electron chi connectivity index (χ4n) is 3.62. The molecule has 34 heavy (non-hydrogen) atoms. The van der Waals surface area contributed by atoms with Crippen LogP contribution in [0.3, 0.4) is 0 Å². The SMILES string of the molecule is CCN(CC)S(=O)(=O)c1cccc(-c2nnc(SCc3nnnn3-c3c(C)cccc3C)o2)c1. The first kappa shape index (κ1) is 24.0. The molecule has 0 unspecified atom stereocenters. The van der Waals surface area contributed by atoms with E-state index in [1.165, 1.54) is 16.1 Å². The molecule has 0 aliphatic heterocycles. The molecule has 0 aliphatic carbocycles. The number of aryl methyl sites for hydroxylation is 2. The van der Waals surface area contributed by atoms with Crippen molar-refractivity contribution in [1.29, 1.82) is 0 Å². The molecule has 2 aromatic carbocycles. The summed E-state index contributed by atoms with van der Waals surface area (Å²) in [6.07, 6.45) is 0. The lowest BCUT2D eigenvalue weighted by atomic mass is 10.1. The van der Waals surface area contributed by atoms with Gasteiger partial charge >= 0.3 is 0 Å². The first-order valence-electron chi connectivity index (χ1n) is 10.8. The second-order valence-electron chi connectivity index (χ2n) is 7.53. The summed E-state index contributed by atoms with van der Waals surface area (Å²) in [7, 11) is -3.59. The summed E-state index contributed by atoms with van der Waals surface area (Å²) < 4.78 is 34.6. The van der Waals surface area contributed by atoms with Crippen molar-refractivity contribution in [3.8, 4) is 17.1 Å². The van der Waals surface area contributed by atoms with E-state index in [2.05, 4.69) is 25.7 Å². The molecule has 0 bridgehead atoms. The summed E-state index contributed by atoms with van der Waals surface area (Å²) in [5, 5.41) is 20.7. The number of para-hydroxylation sites is 1. The van der Waals surface area contributed by atoms with E-state index >= 15 is 0 Å². The summed E-state index contributed by atoms with van der Waals surface area (Å²) in [5.41, 5.74) is 3.62. The number of benzene rings is 2. The zero-order valence-corrected chi connectivity index (χ0v) is 21.0. The monoisotopic (exact) mass is 499 g/mol. The van der Waals surface area contributed by atoms with Crippen molar-refractivity contribution in [3.63, 3.8) is 0 Å². The highest BCUT2D eigenvalue weighted by Gasteiger charge is 2.23. The molecule has 0 saturated carbocycles. The fourth-order valence-corrected chi connectivity index (χ4v) is 5.80. The van der Waals surface area contributed by atoms with Gasteiger partial charge in [0.05, 0.1) is 16.3 Å². The van der Waals surface area contributed by atoms with Crippen LogP contribution >= 0.6 is 11.8 Å². The number of nitrogens with zero attached hydrogens (tertiary/aromatic N) is 7. The van der Waals surface area contributed by atoms with Gasteiger partial charge in [-0.3, -0.25) is 0 Å². The Bertz CT molecular complexity index is 1370. The van der Waals surface area contributed by atoms with Crippen LogP contribution in [0.25, 0.3) is 17.1 Å². The van der Waals surface area contributed by atoms with Crippen molar-refractivity contribution in [1.82, 2.24) is 34.7 Å². The van der Waals surface area contributed by atoms with Crippen molar-refractivity contribution in [2.75, 3.05) is 13.1 Å². The van der Waals surface area contributed by atoms with Gasteiger partial charge in [-0.05, 0) is 53.6 Å². The van der Waals surface area contributed by atoms with Gasteiger partial charge in [-0.1, -0.05) is 49.9 Å². The molecular weight excluding hydrogens is 474 g/mol. The third-order valence-electron chi connectivity index (χ3n) is 5.34. The molecule has 2 aromatic heterocycles. The minimum Gasteiger partial charge on any atom is -0.411 e. The van der Waals surface area contributed by atoms with Gasteiger partial charge in [0, 0.05) is 18.7 Å². The summed E-state index contributed by atoms with van der Waals surface area (Å²) in [4.78, 5) is 0.189. The second kappa shape index (κ2) is 10.0. The van der Waals surface area contributed by atoms with Gasteiger partial charge in [0.25, 0.3) is 5.22 Å². The van der Waals surface area contributed by atoms with Crippen LogP contribution in [0.5, 0.6) is 0 Å². The van der Waals surface area contributed by atoms with E-state index in [1.54, 1.807) is 28.9 Å². The van der Waals surface area contributed by atoms with Crippen molar-refractivity contribution in [2.24, 2.45) is 0 Å². The predicted molar refractivity (Wildman–Crippen MR) is 128 cm³/mol. The van der Waals surface area contributed by atoms with Crippen LogP contribution in [0.4, 0.5) is 0 Å². The number of hydrogen-bond donors (Lipinski definition) is 0. The lowest BCUT2D eigenvalue weighted by Gasteiger charge is -2.18. The van der Waals surface area contributed by atoms with Gasteiger partial charge in [0.15, 0.2) is 5.82 Å². The minimum atomic E-state index is -3.59. The number of thioether (sulfide) groups is 1. The van der Waals surface area contributed by atoms with Crippen molar-refractivity contribution in [2.45, 2.75) is 43.6 Å². The van der Waals surface area contributed by atoms with Crippen LogP contribution in [-0.4, -0.2) is 56.2 Å². The van der Waals surface area contributed by atoms with Gasteiger partial charge < -0.3 is 4.42 Å². The second-order valence-corrected chi connectivity index (χ2v) is 10.4. The highest BCUT2D eigenvalue weighted by molar-refractivity contribution is 7.98. The molecule has 0 spiro atoms. The normalized spacial score (nSPS) is 11.9. The highest BCUT2D eigenvalue weighted by atomic mass is 32.2. The molecule has 0 atom stereocenters. The van der Waals surface area contributed by atoms with E-state index in [0.29, 0.717) is 35.5 Å². The minimum absolute atomic E-state index is 0.189. The number of hydrogen-bond acceptors (Lipinski definition) is 9. The Morgan fingerprint density at radius 2 is 1.71 bits per heavy atom. The molecule has 0 amide bonds. The zero-order chi connectivity index (χ0) is 24.3. The fraction of sp³-hybridized carbons (Fsp3) is 0.318. The van der Waals surface area contributed by atoms with Crippen LogP contribution in [0.2, 0.25) is 0 Å². The molecule has 0 aliphatic rings. The van der Waals surface area contributed by atoms with E-state index in [9.17, 15) is 8.42 Å². The van der Waals surface area contributed by atoms with E-state index in [0.717, 1.165) is 16.8 Å². The average molecular weight is 500 g/mol. The Kier molecular flexibility index (Phi) is 7.10. The Morgan fingerprint density at radius 1 is 1.00 bits per heavy atom. The Morgan fingerprint density at radius 3 is 2.41 bits per heavy atom. The lowest BCUT2D eigenvalue weighted by molar-refractivity contribution is 0.445. The molecule has 12 heteroatoms. The zero-order valence-electron chi connectivity index (χ0n) is 19.3. The van der Waals surface area contributed by atoms with Crippen LogP contribution < -0.4 is 0 Å². The summed E-state index contributed by atoms with van der Waals surface area (Å²) in [6, 6.07) is 12.6. The predicted octanol–water partition coefficient (Wildman–Crippen LogP) is 3.65. The maximum absolute atomic E-state index is 12.8. The van der Waals surface area contributed by atoms with Gasteiger partial charge in [-0.2, -0.15) is 8.99 Å². The molecule has 2 heterocycles. The van der Waals surface area contributed by atoms with Crippen LogP contribution in [0.1, 0.15) is 30.8 Å². The average Bonchev–Trinajstić information content (AvgIpc) is 3.48. The maximum Gasteiger partial charge on any atom is 0.277 e. The van der Waals surface area contributed by atoms with Gasteiger partial charge in [0.2, 0.25) is 15.9 Å². The quantitative estimate of drug-likeness (QED) is 0.318. The van der Waals surface area contributed by atoms with E-state index in [1.807, 2.05) is 45.9 Å². The Labute approximate surface area is 202 Å². The molecular formula is C22H25N7O3S2. The smallest absolute Gasteiger partial charge is 0.277 e. The standard InChI is InChI=1S/C22H25N7O3S2/c1-5-28(6-2)34(30,31)18-12-8-11-17(13-18)21-24-25-22(32-21)33-14-19-23-26-27-29(19)20-15(3)9-7-10-16(20)4/h7-13H,5-6,14H2,1-4H3. The Balaban J connectivity index is 1.53. The van der Waals surface area contributed by atoms with Crippen molar-refractivity contribution < 1.29 is 12.8 Å². The third kappa shape index (κ3) is 4.74. The molecule has 10 nitrogen and oxygen atoms in total. The van der Waals surface area contributed by atoms with E-state index in [4.69, 9.17) is 4.42 Å². The van der Waals surface area contributed by atoms with Crippen LogP contribution in [0, 0.1) is 13.8 Å². The third-order valence-corrected chi connectivity index (χ3v) is 8.20. The first-order valence-corrected chi connectivity index (χ1v) is 13.2. The van der Waals surface area contributed by atoms with Gasteiger partial charge in [-0.15, -0.1) is 15.3 Å². The maximum atomic E-state index is 12.8. The molecule has 178 valence electrons. The topological polar surface area (TPSA) is 120 Å². The van der Waals surface area contributed by atoms with Crippen LogP contribution in [0.15, 0.2) is 57.0 Å². The largest absolute Gasteiger partial charge is 0.411 e. The molecule has 0 fully saturated rings. The van der Waals surface area contributed by atoms with E-state index in [-0.39, 0.29) is 10.8 Å². The molecule has 0 N–H and O–H groups in total. The highest BCUT2D eigenvalue weighted by Crippen LogP contribution is 2.28. The molecule has 4 aromatic rings. The van der Waals surface area contributed by atoms with Gasteiger partial charge in [-0.25, -0.2) is 8.42 Å². The molecule has 0 saturated heterocycles. The van der Waals surface area contributed by atoms with Gasteiger partial charge in [0.1, 0.15) is 0 Å². The van der Waals surface area contributed by atoms with Crippen LogP contribution in [-0.2, 0) is 15.8 Å². The molecule has 0 radical (unpaired) electrons. The number of sulfonamides is 1. The summed E-state index contributed by atoms with van der Waals surface area (Å²) in [6.45, 7) is 8.43. The summed E-state index contributed by atoms with van der Waals surface area (Å²) >= 11 is 1.31. The number of tetrazole rings is 1. The van der Waals surface area contributed by atoms with Crippen molar-refractivity contribution >= 4 is 21.8 Å². The number of aromatic nitrogens is 6. The summed E-state index contributed by atoms with van der Waals surface area (Å²) in [5.74, 6) is 1.31. The van der Waals surface area contributed by atoms with Crippen molar-refractivity contribution in [3.05, 3.63) is 59.4 Å². The Hall–Kier alpha value is -3.09. The number of rotatable bonds is 9. The first-order chi connectivity index (χ1) is 16.3. The lowest BCUT2D eigenvalue weighted by Crippen LogP contribution is -2.30. The van der Waals surface area contributed by atoms with E-state index < -0.39 is 10.0 Å². The molecule has 4 rings (SSSR count).